The molecule has 0 bridgehead atoms. The lowest BCUT2D eigenvalue weighted by molar-refractivity contribution is 0.201. The number of hydrogen-bond acceptors (Lipinski definition) is 2. The van der Waals surface area contributed by atoms with Gasteiger partial charge in [0, 0.05) is 0 Å². The molecule has 3 aromatic rings. The molecule has 0 spiro atoms. The van der Waals surface area contributed by atoms with Crippen LogP contribution in [0, 0.1) is 0 Å². The van der Waals surface area contributed by atoms with Crippen LogP contribution in [0.1, 0.15) is 0 Å². The maximum atomic E-state index is 8.81. The van der Waals surface area contributed by atoms with Crippen LogP contribution in [-0.4, -0.2) is 18.3 Å². The molecule has 0 fully saturated rings. The van der Waals surface area contributed by atoms with Crippen LogP contribution in [0.5, 0.6) is 5.75 Å². The third-order valence-electron chi connectivity index (χ3n) is 3.28. The minimum absolute atomic E-state index is 0.0280. The predicted molar refractivity (Wildman–Crippen MR) is 82.0 cm³/mol. The first-order valence-electron chi connectivity index (χ1n) is 6.70. The van der Waals surface area contributed by atoms with Gasteiger partial charge < -0.3 is 9.84 Å². The van der Waals surface area contributed by atoms with Crippen molar-refractivity contribution in [3.63, 3.8) is 0 Å². The third-order valence-corrected chi connectivity index (χ3v) is 3.28. The zero-order valence-corrected chi connectivity index (χ0v) is 11.1. The molecule has 0 aliphatic heterocycles. The van der Waals surface area contributed by atoms with Crippen molar-refractivity contribution in [2.75, 3.05) is 13.2 Å². The third kappa shape index (κ3) is 2.65. The van der Waals surface area contributed by atoms with Gasteiger partial charge in [-0.2, -0.15) is 0 Å². The molecule has 0 aromatic heterocycles. The molecule has 1 N–H and O–H groups in total. The molecule has 0 heterocycles. The van der Waals surface area contributed by atoms with Crippen molar-refractivity contribution in [3.05, 3.63) is 66.7 Å². The van der Waals surface area contributed by atoms with Crippen molar-refractivity contribution in [3.8, 4) is 16.9 Å². The largest absolute Gasteiger partial charge is 0.491 e. The molecule has 0 unspecified atom stereocenters. The van der Waals surface area contributed by atoms with Gasteiger partial charge in [-0.3, -0.25) is 0 Å². The second-order valence-corrected chi connectivity index (χ2v) is 4.66. The normalized spacial score (nSPS) is 10.7. The zero-order chi connectivity index (χ0) is 13.8. The maximum Gasteiger partial charge on any atom is 0.120 e. The van der Waals surface area contributed by atoms with E-state index in [1.807, 2.05) is 30.3 Å². The SMILES string of the molecule is OCCOc1cccc(-c2ccc3ccccc3c2)c1. The highest BCUT2D eigenvalue weighted by Gasteiger charge is 2.01. The van der Waals surface area contributed by atoms with E-state index in [0.29, 0.717) is 6.61 Å². The molecule has 0 saturated heterocycles. The molecule has 2 nitrogen and oxygen atoms in total. The van der Waals surface area contributed by atoms with E-state index in [1.54, 1.807) is 0 Å². The first-order valence-corrected chi connectivity index (χ1v) is 6.70. The summed E-state index contributed by atoms with van der Waals surface area (Å²) >= 11 is 0. The molecule has 3 aromatic carbocycles. The van der Waals surface area contributed by atoms with Crippen LogP contribution >= 0.6 is 0 Å². The smallest absolute Gasteiger partial charge is 0.120 e. The Kier molecular flexibility index (Phi) is 3.66. The molecule has 20 heavy (non-hydrogen) atoms. The van der Waals surface area contributed by atoms with E-state index in [4.69, 9.17) is 9.84 Å². The van der Waals surface area contributed by atoms with Crippen LogP contribution in [0.25, 0.3) is 21.9 Å². The molecule has 0 atom stereocenters. The number of hydrogen-bond donors (Lipinski definition) is 1. The van der Waals surface area contributed by atoms with Crippen molar-refractivity contribution in [2.24, 2.45) is 0 Å². The highest BCUT2D eigenvalue weighted by atomic mass is 16.5. The van der Waals surface area contributed by atoms with Crippen LogP contribution in [0.15, 0.2) is 66.7 Å². The quantitative estimate of drug-likeness (QED) is 0.775. The van der Waals surface area contributed by atoms with Crippen molar-refractivity contribution < 1.29 is 9.84 Å². The zero-order valence-electron chi connectivity index (χ0n) is 11.1. The van der Waals surface area contributed by atoms with Gasteiger partial charge >= 0.3 is 0 Å². The summed E-state index contributed by atoms with van der Waals surface area (Å²) in [6, 6.07) is 22.7. The van der Waals surface area contributed by atoms with E-state index in [0.717, 1.165) is 16.9 Å². The second-order valence-electron chi connectivity index (χ2n) is 4.66. The Bertz CT molecular complexity index is 719. The molecule has 0 amide bonds. The number of aliphatic hydroxyl groups is 1. The van der Waals surface area contributed by atoms with E-state index in [9.17, 15) is 0 Å². The number of ether oxygens (including phenoxy) is 1. The van der Waals surface area contributed by atoms with Crippen molar-refractivity contribution in [2.45, 2.75) is 0 Å². The standard InChI is InChI=1S/C18H16O2/c19-10-11-20-18-7-3-6-16(13-18)17-9-8-14-4-1-2-5-15(14)12-17/h1-9,12-13,19H,10-11H2. The van der Waals surface area contributed by atoms with E-state index in [-0.39, 0.29) is 6.61 Å². The van der Waals surface area contributed by atoms with E-state index < -0.39 is 0 Å². The summed E-state index contributed by atoms with van der Waals surface area (Å²) in [6.45, 7) is 0.349. The van der Waals surface area contributed by atoms with E-state index in [2.05, 4.69) is 36.4 Å². The van der Waals surface area contributed by atoms with Crippen LogP contribution in [0.4, 0.5) is 0 Å². The first kappa shape index (κ1) is 12.7. The fourth-order valence-corrected chi connectivity index (χ4v) is 2.30. The fourth-order valence-electron chi connectivity index (χ4n) is 2.30. The van der Waals surface area contributed by atoms with Gasteiger partial charge in [0.05, 0.1) is 6.61 Å². The van der Waals surface area contributed by atoms with Crippen molar-refractivity contribution >= 4 is 10.8 Å². The molecule has 0 radical (unpaired) electrons. The van der Waals surface area contributed by atoms with Gasteiger partial charge in [0.15, 0.2) is 0 Å². The Morgan fingerprint density at radius 1 is 0.750 bits per heavy atom. The summed E-state index contributed by atoms with van der Waals surface area (Å²) in [5.74, 6) is 0.782. The average Bonchev–Trinajstić information content (AvgIpc) is 2.53. The van der Waals surface area contributed by atoms with Gasteiger partial charge in [-0.1, -0.05) is 48.5 Å². The van der Waals surface area contributed by atoms with E-state index >= 15 is 0 Å². The molecule has 3 rings (SSSR count). The van der Waals surface area contributed by atoms with Gasteiger partial charge in [0.2, 0.25) is 0 Å². The van der Waals surface area contributed by atoms with Crippen LogP contribution in [0.3, 0.4) is 0 Å². The lowest BCUT2D eigenvalue weighted by Gasteiger charge is -2.08. The van der Waals surface area contributed by atoms with Gasteiger partial charge in [0.25, 0.3) is 0 Å². The number of rotatable bonds is 4. The highest BCUT2D eigenvalue weighted by Crippen LogP contribution is 2.27. The summed E-state index contributed by atoms with van der Waals surface area (Å²) in [5, 5.41) is 11.3. The van der Waals surface area contributed by atoms with Crippen LogP contribution in [0.2, 0.25) is 0 Å². The lowest BCUT2D eigenvalue weighted by Crippen LogP contribution is -2.01. The van der Waals surface area contributed by atoms with E-state index in [1.165, 1.54) is 10.8 Å². The van der Waals surface area contributed by atoms with Gasteiger partial charge in [-0.15, -0.1) is 0 Å². The minimum atomic E-state index is 0.0280. The molecule has 0 aliphatic rings. The molecular weight excluding hydrogens is 248 g/mol. The lowest BCUT2D eigenvalue weighted by atomic mass is 10.0. The number of benzene rings is 3. The summed E-state index contributed by atoms with van der Waals surface area (Å²) in [5.41, 5.74) is 2.28. The summed E-state index contributed by atoms with van der Waals surface area (Å²) in [6.07, 6.45) is 0. The van der Waals surface area contributed by atoms with Crippen molar-refractivity contribution in [1.29, 1.82) is 0 Å². The summed E-state index contributed by atoms with van der Waals surface area (Å²) in [7, 11) is 0. The highest BCUT2D eigenvalue weighted by molar-refractivity contribution is 5.87. The van der Waals surface area contributed by atoms with Gasteiger partial charge in [-0.25, -0.2) is 0 Å². The number of aliphatic hydroxyl groups excluding tert-OH is 1. The Labute approximate surface area is 118 Å². The predicted octanol–water partition coefficient (Wildman–Crippen LogP) is 3.88. The summed E-state index contributed by atoms with van der Waals surface area (Å²) in [4.78, 5) is 0. The Morgan fingerprint density at radius 3 is 2.40 bits per heavy atom. The fraction of sp³-hybridized carbons (Fsp3) is 0.111. The Balaban J connectivity index is 1.97. The maximum absolute atomic E-state index is 8.81. The Hall–Kier alpha value is -2.32. The number of fused-ring (bicyclic) bond motifs is 1. The van der Waals surface area contributed by atoms with Gasteiger partial charge in [0.1, 0.15) is 12.4 Å². The topological polar surface area (TPSA) is 29.5 Å². The van der Waals surface area contributed by atoms with Crippen LogP contribution < -0.4 is 4.74 Å². The Morgan fingerprint density at radius 2 is 1.55 bits per heavy atom. The molecule has 0 saturated carbocycles. The molecular formula is C18H16O2. The monoisotopic (exact) mass is 264 g/mol. The van der Waals surface area contributed by atoms with Crippen molar-refractivity contribution in [1.82, 2.24) is 0 Å². The second kappa shape index (κ2) is 5.76. The molecule has 100 valence electrons. The molecule has 0 aliphatic carbocycles. The van der Waals surface area contributed by atoms with Gasteiger partial charge in [-0.05, 0) is 40.1 Å². The average molecular weight is 264 g/mol. The minimum Gasteiger partial charge on any atom is -0.491 e. The molecule has 2 heteroatoms. The van der Waals surface area contributed by atoms with Crippen LogP contribution in [-0.2, 0) is 0 Å². The first-order chi connectivity index (χ1) is 9.86. The summed E-state index contributed by atoms with van der Waals surface area (Å²) < 4.78 is 5.45.